The molecule has 2 heterocycles. The fraction of sp³-hybridized carbons (Fsp3) is 0.348. The highest BCUT2D eigenvalue weighted by Gasteiger charge is 2.20. The van der Waals surface area contributed by atoms with Crippen LogP contribution in [0.2, 0.25) is 0 Å². The van der Waals surface area contributed by atoms with Gasteiger partial charge in [0.15, 0.2) is 17.3 Å². The van der Waals surface area contributed by atoms with E-state index in [4.69, 9.17) is 4.74 Å². The van der Waals surface area contributed by atoms with Crippen molar-refractivity contribution in [3.05, 3.63) is 53.7 Å². The van der Waals surface area contributed by atoms with E-state index in [9.17, 15) is 14.7 Å². The number of phenols is 1. The van der Waals surface area contributed by atoms with Gasteiger partial charge in [-0.15, -0.1) is 0 Å². The molecular formula is C23H27N3O4. The molecule has 7 heteroatoms. The fourth-order valence-corrected chi connectivity index (χ4v) is 3.47. The minimum Gasteiger partial charge on any atom is -0.504 e. The molecule has 0 aliphatic carbocycles. The van der Waals surface area contributed by atoms with Crippen LogP contribution in [0.3, 0.4) is 0 Å². The second-order valence-corrected chi connectivity index (χ2v) is 7.36. The average Bonchev–Trinajstić information content (AvgIpc) is 2.75. The molecule has 2 aromatic rings. The van der Waals surface area contributed by atoms with Crippen molar-refractivity contribution in [3.63, 3.8) is 0 Å². The summed E-state index contributed by atoms with van der Waals surface area (Å²) < 4.78 is 5.30. The second-order valence-electron chi connectivity index (χ2n) is 7.36. The maximum Gasteiger partial charge on any atom is 0.163 e. The van der Waals surface area contributed by atoms with Crippen LogP contribution in [-0.4, -0.2) is 59.8 Å². The SMILES string of the molecule is COc1cc(/C=C/C(=O)CC(C)=O)cc(CN2CCN(c3ccccn3)CC2)c1O. The number of nitrogens with zero attached hydrogens (tertiary/aromatic N) is 3. The maximum absolute atomic E-state index is 11.8. The third-order valence-corrected chi connectivity index (χ3v) is 5.02. The van der Waals surface area contributed by atoms with E-state index in [0.29, 0.717) is 12.3 Å². The van der Waals surface area contributed by atoms with Crippen LogP contribution in [0.4, 0.5) is 5.82 Å². The minimum absolute atomic E-state index is 0.108. The Morgan fingerprint density at radius 1 is 1.20 bits per heavy atom. The first-order valence-corrected chi connectivity index (χ1v) is 9.95. The Morgan fingerprint density at radius 3 is 2.60 bits per heavy atom. The quantitative estimate of drug-likeness (QED) is 0.530. The van der Waals surface area contributed by atoms with Crippen LogP contribution in [0.25, 0.3) is 6.08 Å². The molecule has 1 N–H and O–H groups in total. The Bertz CT molecular complexity index is 920. The summed E-state index contributed by atoms with van der Waals surface area (Å²) in [5, 5.41) is 10.6. The van der Waals surface area contributed by atoms with Crippen molar-refractivity contribution in [1.29, 1.82) is 0 Å². The summed E-state index contributed by atoms with van der Waals surface area (Å²) in [4.78, 5) is 31.8. The monoisotopic (exact) mass is 409 g/mol. The highest BCUT2D eigenvalue weighted by atomic mass is 16.5. The van der Waals surface area contributed by atoms with Gasteiger partial charge in [-0.25, -0.2) is 4.98 Å². The van der Waals surface area contributed by atoms with E-state index in [2.05, 4.69) is 14.8 Å². The van der Waals surface area contributed by atoms with E-state index in [0.717, 1.165) is 43.1 Å². The van der Waals surface area contributed by atoms with Crippen molar-refractivity contribution >= 4 is 23.5 Å². The molecule has 30 heavy (non-hydrogen) atoms. The van der Waals surface area contributed by atoms with Gasteiger partial charge in [0.2, 0.25) is 0 Å². The van der Waals surface area contributed by atoms with E-state index in [-0.39, 0.29) is 23.7 Å². The number of aromatic hydroxyl groups is 1. The molecule has 0 unspecified atom stereocenters. The van der Waals surface area contributed by atoms with Crippen molar-refractivity contribution in [1.82, 2.24) is 9.88 Å². The number of ether oxygens (including phenoxy) is 1. The molecule has 0 bridgehead atoms. The Labute approximate surface area is 176 Å². The number of anilines is 1. The van der Waals surface area contributed by atoms with Gasteiger partial charge in [0, 0.05) is 44.5 Å². The number of ketones is 2. The molecule has 7 nitrogen and oxygen atoms in total. The van der Waals surface area contributed by atoms with Crippen LogP contribution in [0.15, 0.2) is 42.6 Å². The molecule has 1 aromatic heterocycles. The highest BCUT2D eigenvalue weighted by Crippen LogP contribution is 2.33. The first kappa shape index (κ1) is 21.5. The number of methoxy groups -OCH3 is 1. The normalized spacial score (nSPS) is 14.8. The van der Waals surface area contributed by atoms with Crippen LogP contribution in [0, 0.1) is 0 Å². The number of aromatic nitrogens is 1. The third kappa shape index (κ3) is 5.67. The molecule has 0 saturated carbocycles. The molecule has 1 fully saturated rings. The number of piperazine rings is 1. The third-order valence-electron chi connectivity index (χ3n) is 5.02. The maximum atomic E-state index is 11.8. The van der Waals surface area contributed by atoms with E-state index < -0.39 is 0 Å². The van der Waals surface area contributed by atoms with Gasteiger partial charge in [0.05, 0.1) is 13.5 Å². The van der Waals surface area contributed by atoms with Crippen molar-refractivity contribution in [3.8, 4) is 11.5 Å². The van der Waals surface area contributed by atoms with Gasteiger partial charge in [-0.2, -0.15) is 0 Å². The Hall–Kier alpha value is -3.19. The Kier molecular flexibility index (Phi) is 7.19. The standard InChI is InChI=1S/C23H27N3O4/c1-17(27)13-20(28)7-6-18-14-19(23(29)21(15-18)30-2)16-25-9-11-26(12-10-25)22-5-3-4-8-24-22/h3-8,14-15,29H,9-13,16H2,1-2H3/b7-6+. The molecule has 1 aliphatic heterocycles. The Balaban J connectivity index is 1.68. The number of allylic oxidation sites excluding steroid dienone is 1. The molecule has 0 spiro atoms. The van der Waals surface area contributed by atoms with Gasteiger partial charge < -0.3 is 14.7 Å². The number of carbonyl (C=O) groups is 2. The number of phenolic OH excluding ortho intramolecular Hbond substituents is 1. The number of Topliss-reactive ketones (excluding diaryl/α,β-unsaturated/α-hetero) is 1. The predicted octanol–water partition coefficient (Wildman–Crippen LogP) is 2.68. The summed E-state index contributed by atoms with van der Waals surface area (Å²) >= 11 is 0. The van der Waals surface area contributed by atoms with Crippen LogP contribution in [-0.2, 0) is 16.1 Å². The van der Waals surface area contributed by atoms with Crippen molar-refractivity contribution in [2.45, 2.75) is 19.9 Å². The number of rotatable bonds is 8. The number of hydrogen-bond donors (Lipinski definition) is 1. The molecule has 0 radical (unpaired) electrons. The number of pyridine rings is 1. The van der Waals surface area contributed by atoms with Crippen molar-refractivity contribution < 1.29 is 19.4 Å². The summed E-state index contributed by atoms with van der Waals surface area (Å²) in [6, 6.07) is 9.43. The number of carbonyl (C=O) groups excluding carboxylic acids is 2. The van der Waals surface area contributed by atoms with E-state index in [1.807, 2.05) is 24.3 Å². The molecule has 3 rings (SSSR count). The topological polar surface area (TPSA) is 83.0 Å². The van der Waals surface area contributed by atoms with Crippen molar-refractivity contribution in [2.24, 2.45) is 0 Å². The highest BCUT2D eigenvalue weighted by molar-refractivity contribution is 6.05. The van der Waals surface area contributed by atoms with Gasteiger partial charge in [-0.3, -0.25) is 14.5 Å². The zero-order valence-electron chi connectivity index (χ0n) is 17.4. The smallest absolute Gasteiger partial charge is 0.163 e. The van der Waals surface area contributed by atoms with E-state index in [1.54, 1.807) is 18.3 Å². The van der Waals surface area contributed by atoms with E-state index in [1.165, 1.54) is 20.1 Å². The average molecular weight is 409 g/mol. The summed E-state index contributed by atoms with van der Waals surface area (Å²) in [5.41, 5.74) is 1.47. The predicted molar refractivity (Wildman–Crippen MR) is 116 cm³/mol. The van der Waals surface area contributed by atoms with Crippen LogP contribution >= 0.6 is 0 Å². The van der Waals surface area contributed by atoms with Crippen LogP contribution in [0.1, 0.15) is 24.5 Å². The number of hydrogen-bond acceptors (Lipinski definition) is 7. The summed E-state index contributed by atoms with van der Waals surface area (Å²) in [7, 11) is 1.50. The van der Waals surface area contributed by atoms with Gasteiger partial charge in [0.25, 0.3) is 0 Å². The van der Waals surface area contributed by atoms with E-state index >= 15 is 0 Å². The van der Waals surface area contributed by atoms with Gasteiger partial charge in [-0.05, 0) is 42.8 Å². The fourth-order valence-electron chi connectivity index (χ4n) is 3.47. The van der Waals surface area contributed by atoms with Gasteiger partial charge in [0.1, 0.15) is 11.6 Å². The summed E-state index contributed by atoms with van der Waals surface area (Å²) in [6.07, 6.45) is 4.73. The zero-order chi connectivity index (χ0) is 21.5. The van der Waals surface area contributed by atoms with Crippen LogP contribution < -0.4 is 9.64 Å². The molecular weight excluding hydrogens is 382 g/mol. The zero-order valence-corrected chi connectivity index (χ0v) is 17.4. The molecule has 1 aliphatic rings. The lowest BCUT2D eigenvalue weighted by Crippen LogP contribution is -2.46. The first-order chi connectivity index (χ1) is 14.5. The summed E-state index contributed by atoms with van der Waals surface area (Å²) in [6.45, 7) is 5.36. The molecule has 1 aromatic carbocycles. The minimum atomic E-state index is -0.248. The van der Waals surface area contributed by atoms with Gasteiger partial charge in [-0.1, -0.05) is 12.1 Å². The summed E-state index contributed by atoms with van der Waals surface area (Å²) in [5.74, 6) is 1.03. The lowest BCUT2D eigenvalue weighted by Gasteiger charge is -2.35. The lowest BCUT2D eigenvalue weighted by atomic mass is 10.1. The van der Waals surface area contributed by atoms with Gasteiger partial charge >= 0.3 is 0 Å². The lowest BCUT2D eigenvalue weighted by molar-refractivity contribution is -0.123. The first-order valence-electron chi connectivity index (χ1n) is 9.95. The molecule has 158 valence electrons. The second kappa shape index (κ2) is 10.0. The van der Waals surface area contributed by atoms with Crippen molar-refractivity contribution in [2.75, 3.05) is 38.2 Å². The molecule has 0 atom stereocenters. The molecule has 0 amide bonds. The number of benzene rings is 1. The largest absolute Gasteiger partial charge is 0.504 e. The molecule has 1 saturated heterocycles. The Morgan fingerprint density at radius 2 is 1.97 bits per heavy atom. The van der Waals surface area contributed by atoms with Crippen LogP contribution in [0.5, 0.6) is 11.5 Å².